The van der Waals surface area contributed by atoms with Crippen LogP contribution in [0.15, 0.2) is 42.5 Å². The molecule has 0 atom stereocenters. The van der Waals surface area contributed by atoms with E-state index in [4.69, 9.17) is 17.3 Å². The number of carboxylic acid groups (broad SMARTS) is 1. The van der Waals surface area contributed by atoms with Crippen LogP contribution >= 0.6 is 11.6 Å². The first-order chi connectivity index (χ1) is 13.8. The Hall–Kier alpha value is -2.83. The minimum absolute atomic E-state index is 0.186. The van der Waals surface area contributed by atoms with Gasteiger partial charge >= 0.3 is 5.97 Å². The van der Waals surface area contributed by atoms with Gasteiger partial charge in [-0.1, -0.05) is 44.5 Å². The summed E-state index contributed by atoms with van der Waals surface area (Å²) < 4.78 is 0. The fourth-order valence-corrected chi connectivity index (χ4v) is 3.09. The molecule has 0 saturated carbocycles. The normalized spacial score (nSPS) is 10.7. The highest BCUT2D eigenvalue weighted by molar-refractivity contribution is 6.30. The average Bonchev–Trinajstić information content (AvgIpc) is 2.70. The number of benzene rings is 2. The summed E-state index contributed by atoms with van der Waals surface area (Å²) in [6.07, 6.45) is 0. The Kier molecular flexibility index (Phi) is 7.82. The lowest BCUT2D eigenvalue weighted by Gasteiger charge is -2.13. The molecule has 3 aromatic rings. The maximum Gasteiger partial charge on any atom is 0.340 e. The molecule has 154 valence electrons. The van der Waals surface area contributed by atoms with Crippen LogP contribution in [0.2, 0.25) is 5.02 Å². The molecule has 0 aliphatic carbocycles. The highest BCUT2D eigenvalue weighted by Gasteiger charge is 2.21. The Bertz CT molecular complexity index is 981. The number of nitrogens with zero attached hydrogens (tertiary/aromatic N) is 2. The van der Waals surface area contributed by atoms with Gasteiger partial charge in [0, 0.05) is 21.7 Å². The lowest BCUT2D eigenvalue weighted by atomic mass is 10.0. The molecule has 0 aliphatic rings. The lowest BCUT2D eigenvalue weighted by molar-refractivity contribution is 0.0696. The third-order valence-electron chi connectivity index (χ3n) is 4.66. The van der Waals surface area contributed by atoms with Gasteiger partial charge in [0.25, 0.3) is 0 Å². The molecule has 0 bridgehead atoms. The number of rotatable bonds is 5. The highest BCUT2D eigenvalue weighted by atomic mass is 35.5. The molecule has 0 saturated heterocycles. The number of carbonyl (C=O) groups is 1. The monoisotopic (exact) mass is 415 g/mol. The molecule has 0 amide bonds. The molecule has 0 radical (unpaired) electrons. The van der Waals surface area contributed by atoms with E-state index in [9.17, 15) is 15.0 Å². The molecule has 2 aromatic carbocycles. The van der Waals surface area contributed by atoms with E-state index in [0.29, 0.717) is 27.2 Å². The van der Waals surface area contributed by atoms with Crippen molar-refractivity contribution in [2.75, 3.05) is 25.4 Å². The van der Waals surface area contributed by atoms with E-state index in [1.807, 2.05) is 0 Å². The van der Waals surface area contributed by atoms with Crippen molar-refractivity contribution in [2.45, 2.75) is 20.8 Å². The Morgan fingerprint density at radius 3 is 2.14 bits per heavy atom. The number of hydrogen-bond donors (Lipinski definition) is 3. The molecule has 29 heavy (non-hydrogen) atoms. The standard InChI is InChI=1S/C16H11ClN2O3.C6H15N/c17-9-3-1-8(2-4-9)14-15(20)13(16(21)22)11-7-10(18)5-6-12(11)19-14;1-4-7(5-2)6-3/h1-7,20H,18H2,(H,21,22);4-6H2,1-3H3. The number of halogens is 1. The van der Waals surface area contributed by atoms with Crippen LogP contribution in [0.5, 0.6) is 5.75 Å². The van der Waals surface area contributed by atoms with Crippen molar-refractivity contribution < 1.29 is 15.0 Å². The zero-order valence-electron chi connectivity index (χ0n) is 16.8. The summed E-state index contributed by atoms with van der Waals surface area (Å²) in [5, 5.41) is 20.6. The quantitative estimate of drug-likeness (QED) is 0.513. The summed E-state index contributed by atoms with van der Waals surface area (Å²) in [4.78, 5) is 18.3. The van der Waals surface area contributed by atoms with Gasteiger partial charge < -0.3 is 20.8 Å². The van der Waals surface area contributed by atoms with Crippen LogP contribution in [0.3, 0.4) is 0 Å². The molecule has 0 fully saturated rings. The summed E-state index contributed by atoms with van der Waals surface area (Å²) in [5.41, 5.74) is 7.07. The van der Waals surface area contributed by atoms with E-state index >= 15 is 0 Å². The minimum Gasteiger partial charge on any atom is -0.505 e. The van der Waals surface area contributed by atoms with Crippen LogP contribution in [0.25, 0.3) is 22.2 Å². The van der Waals surface area contributed by atoms with Gasteiger partial charge in [-0.15, -0.1) is 0 Å². The zero-order valence-corrected chi connectivity index (χ0v) is 17.6. The lowest BCUT2D eigenvalue weighted by Crippen LogP contribution is -2.21. The van der Waals surface area contributed by atoms with E-state index in [1.54, 1.807) is 36.4 Å². The minimum atomic E-state index is -1.24. The molecular formula is C22H26ClN3O3. The van der Waals surface area contributed by atoms with E-state index in [-0.39, 0.29) is 11.3 Å². The number of hydrogen-bond acceptors (Lipinski definition) is 5. The van der Waals surface area contributed by atoms with Gasteiger partial charge in [0.05, 0.1) is 5.52 Å². The van der Waals surface area contributed by atoms with E-state index in [0.717, 1.165) is 0 Å². The Labute approximate surface area is 175 Å². The van der Waals surface area contributed by atoms with Crippen molar-refractivity contribution in [2.24, 2.45) is 0 Å². The average molecular weight is 416 g/mol. The summed E-state index contributed by atoms with van der Waals surface area (Å²) in [6, 6.07) is 11.4. The van der Waals surface area contributed by atoms with Gasteiger partial charge in [-0.25, -0.2) is 9.78 Å². The third-order valence-corrected chi connectivity index (χ3v) is 4.91. The molecule has 0 aliphatic heterocycles. The fraction of sp³-hybridized carbons (Fsp3) is 0.273. The molecule has 1 heterocycles. The summed E-state index contributed by atoms with van der Waals surface area (Å²) in [7, 11) is 0. The number of carboxylic acids is 1. The number of aromatic carboxylic acids is 1. The Morgan fingerprint density at radius 1 is 1.07 bits per heavy atom. The van der Waals surface area contributed by atoms with Crippen molar-refractivity contribution >= 4 is 34.2 Å². The topological polar surface area (TPSA) is 99.7 Å². The van der Waals surface area contributed by atoms with Gasteiger partial charge in [-0.3, -0.25) is 0 Å². The van der Waals surface area contributed by atoms with Gasteiger partial charge in [0.1, 0.15) is 11.3 Å². The predicted molar refractivity (Wildman–Crippen MR) is 119 cm³/mol. The molecule has 6 nitrogen and oxygen atoms in total. The SMILES string of the molecule is CCN(CC)CC.Nc1ccc2nc(-c3ccc(Cl)cc3)c(O)c(C(=O)O)c2c1. The van der Waals surface area contributed by atoms with Crippen LogP contribution in [0, 0.1) is 0 Å². The van der Waals surface area contributed by atoms with Gasteiger partial charge in [0.2, 0.25) is 0 Å². The molecule has 4 N–H and O–H groups in total. The van der Waals surface area contributed by atoms with Crippen molar-refractivity contribution in [3.63, 3.8) is 0 Å². The number of aromatic nitrogens is 1. The molecule has 7 heteroatoms. The van der Waals surface area contributed by atoms with Crippen molar-refractivity contribution in [1.29, 1.82) is 0 Å². The number of fused-ring (bicyclic) bond motifs is 1. The predicted octanol–water partition coefficient (Wildman–Crippen LogP) is 4.89. The highest BCUT2D eigenvalue weighted by Crippen LogP contribution is 2.36. The zero-order chi connectivity index (χ0) is 21.6. The van der Waals surface area contributed by atoms with Crippen LogP contribution in [-0.4, -0.2) is 45.7 Å². The Balaban J connectivity index is 0.000000370. The summed E-state index contributed by atoms with van der Waals surface area (Å²) in [5.74, 6) is -1.64. The Morgan fingerprint density at radius 2 is 1.66 bits per heavy atom. The summed E-state index contributed by atoms with van der Waals surface area (Å²) >= 11 is 5.84. The van der Waals surface area contributed by atoms with E-state index in [2.05, 4.69) is 30.7 Å². The number of nitrogen functional groups attached to an aromatic ring is 1. The first-order valence-corrected chi connectivity index (χ1v) is 9.83. The summed E-state index contributed by atoms with van der Waals surface area (Å²) in [6.45, 7) is 10.1. The molecule has 0 unspecified atom stereocenters. The van der Waals surface area contributed by atoms with Crippen LogP contribution < -0.4 is 5.73 Å². The second-order valence-electron chi connectivity index (χ2n) is 6.39. The number of pyridine rings is 1. The van der Waals surface area contributed by atoms with Crippen LogP contribution in [-0.2, 0) is 0 Å². The van der Waals surface area contributed by atoms with Gasteiger partial charge in [-0.2, -0.15) is 0 Å². The van der Waals surface area contributed by atoms with Crippen LogP contribution in [0.1, 0.15) is 31.1 Å². The molecule has 1 aromatic heterocycles. The smallest absolute Gasteiger partial charge is 0.340 e. The molecule has 3 rings (SSSR count). The van der Waals surface area contributed by atoms with Crippen molar-refractivity contribution in [3.05, 3.63) is 53.1 Å². The second-order valence-corrected chi connectivity index (χ2v) is 6.83. The van der Waals surface area contributed by atoms with Gasteiger partial charge in [0.15, 0.2) is 5.75 Å². The number of anilines is 1. The largest absolute Gasteiger partial charge is 0.505 e. The number of nitrogens with two attached hydrogens (primary N) is 1. The maximum absolute atomic E-state index is 11.5. The van der Waals surface area contributed by atoms with Crippen molar-refractivity contribution in [1.82, 2.24) is 9.88 Å². The van der Waals surface area contributed by atoms with E-state index < -0.39 is 11.7 Å². The van der Waals surface area contributed by atoms with E-state index in [1.165, 1.54) is 25.7 Å². The fourth-order valence-electron chi connectivity index (χ4n) is 2.97. The van der Waals surface area contributed by atoms with Gasteiger partial charge in [-0.05, 0) is 50.0 Å². The first kappa shape index (κ1) is 22.5. The van der Waals surface area contributed by atoms with Crippen LogP contribution in [0.4, 0.5) is 5.69 Å². The second kappa shape index (κ2) is 10.1. The first-order valence-electron chi connectivity index (χ1n) is 9.46. The third kappa shape index (κ3) is 5.37. The molecule has 0 spiro atoms. The number of aromatic hydroxyl groups is 1. The maximum atomic E-state index is 11.5. The van der Waals surface area contributed by atoms with Crippen molar-refractivity contribution in [3.8, 4) is 17.0 Å². The molecular weight excluding hydrogens is 390 g/mol.